The van der Waals surface area contributed by atoms with E-state index >= 15 is 0 Å². The second-order valence-electron chi connectivity index (χ2n) is 6.03. The predicted octanol–water partition coefficient (Wildman–Crippen LogP) is 1.75. The highest BCUT2D eigenvalue weighted by Crippen LogP contribution is 2.28. The maximum atomic E-state index is 12.4. The molecule has 0 saturated carbocycles. The molecule has 2 bridgehead atoms. The van der Waals surface area contributed by atoms with Crippen molar-refractivity contribution in [1.29, 1.82) is 0 Å². The zero-order chi connectivity index (χ0) is 15.3. The fourth-order valence-corrected chi connectivity index (χ4v) is 3.53. The van der Waals surface area contributed by atoms with E-state index in [1.165, 1.54) is 12.5 Å². The number of benzene rings is 1. The smallest absolute Gasteiger partial charge is 0.371 e. The van der Waals surface area contributed by atoms with Gasteiger partial charge in [-0.1, -0.05) is 0 Å². The van der Waals surface area contributed by atoms with Gasteiger partial charge in [-0.2, -0.15) is 0 Å². The van der Waals surface area contributed by atoms with Gasteiger partial charge < -0.3 is 20.2 Å². The summed E-state index contributed by atoms with van der Waals surface area (Å²) in [4.78, 5) is 23.3. The Bertz CT molecular complexity index is 767. The van der Waals surface area contributed by atoms with Crippen molar-refractivity contribution in [3.05, 3.63) is 35.6 Å². The summed E-state index contributed by atoms with van der Waals surface area (Å²) in [6.07, 6.45) is 3.28. The van der Waals surface area contributed by atoms with Gasteiger partial charge in [-0.05, 0) is 43.5 Å². The standard InChI is InChI=1S/C16H16N2O4/c19-15(18-12-7-10-2-3-11(12)17-10)8-1-4-13-9(5-8)6-14(22-13)16(20)21/h1,4-6,10-12,17H,2-3,7H2,(H,18,19)(H,20,21)/t10-,11+,12-/m1/s1. The first kappa shape index (κ1) is 13.3. The van der Waals surface area contributed by atoms with E-state index in [9.17, 15) is 9.59 Å². The molecule has 0 spiro atoms. The molecular formula is C16H16N2O4. The highest BCUT2D eigenvalue weighted by Gasteiger charge is 2.39. The van der Waals surface area contributed by atoms with Crippen molar-refractivity contribution in [3.8, 4) is 0 Å². The van der Waals surface area contributed by atoms with E-state index in [2.05, 4.69) is 10.6 Å². The van der Waals surface area contributed by atoms with E-state index in [-0.39, 0.29) is 17.7 Å². The summed E-state index contributed by atoms with van der Waals surface area (Å²) in [5.41, 5.74) is 0.989. The number of carboxylic acids is 1. The number of nitrogens with one attached hydrogen (secondary N) is 2. The molecule has 2 aliphatic rings. The van der Waals surface area contributed by atoms with Gasteiger partial charge in [0.2, 0.25) is 5.76 Å². The molecule has 3 N–H and O–H groups in total. The molecule has 0 aliphatic carbocycles. The van der Waals surface area contributed by atoms with E-state index in [1.54, 1.807) is 18.2 Å². The number of amides is 1. The molecule has 22 heavy (non-hydrogen) atoms. The molecule has 2 aromatic rings. The summed E-state index contributed by atoms with van der Waals surface area (Å²) >= 11 is 0. The molecule has 1 aromatic carbocycles. The van der Waals surface area contributed by atoms with Gasteiger partial charge in [0.15, 0.2) is 0 Å². The van der Waals surface area contributed by atoms with Crippen LogP contribution >= 0.6 is 0 Å². The van der Waals surface area contributed by atoms with Crippen molar-refractivity contribution in [1.82, 2.24) is 10.6 Å². The number of rotatable bonds is 3. The molecule has 6 heteroatoms. The zero-order valence-electron chi connectivity index (χ0n) is 11.8. The molecule has 3 atom stereocenters. The first-order chi connectivity index (χ1) is 10.6. The molecule has 2 fully saturated rings. The molecule has 4 rings (SSSR count). The minimum absolute atomic E-state index is 0.120. The minimum Gasteiger partial charge on any atom is -0.475 e. The Morgan fingerprint density at radius 2 is 2.14 bits per heavy atom. The van der Waals surface area contributed by atoms with Crippen LogP contribution in [0, 0.1) is 0 Å². The van der Waals surface area contributed by atoms with Crippen molar-refractivity contribution < 1.29 is 19.1 Å². The summed E-state index contributed by atoms with van der Waals surface area (Å²) in [5.74, 6) is -1.36. The lowest BCUT2D eigenvalue weighted by molar-refractivity contribution is 0.0664. The van der Waals surface area contributed by atoms with Crippen LogP contribution in [0.1, 0.15) is 40.2 Å². The van der Waals surface area contributed by atoms with Crippen molar-refractivity contribution >= 4 is 22.8 Å². The molecule has 2 aliphatic heterocycles. The van der Waals surface area contributed by atoms with Gasteiger partial charge in [0.1, 0.15) is 5.58 Å². The molecule has 3 heterocycles. The second-order valence-corrected chi connectivity index (χ2v) is 6.03. The van der Waals surface area contributed by atoms with Gasteiger partial charge in [-0.25, -0.2) is 4.79 Å². The van der Waals surface area contributed by atoms with Crippen LogP contribution in [0.15, 0.2) is 28.7 Å². The number of aromatic carboxylic acids is 1. The Kier molecular flexibility index (Phi) is 2.94. The normalized spacial score (nSPS) is 26.5. The van der Waals surface area contributed by atoms with E-state index in [4.69, 9.17) is 9.52 Å². The summed E-state index contributed by atoms with van der Waals surface area (Å²) in [6, 6.07) is 7.49. The van der Waals surface area contributed by atoms with Crippen LogP contribution in [0.25, 0.3) is 11.0 Å². The lowest BCUT2D eigenvalue weighted by Crippen LogP contribution is -2.42. The molecule has 6 nitrogen and oxygen atoms in total. The number of carbonyl (C=O) groups is 2. The van der Waals surface area contributed by atoms with Crippen molar-refractivity contribution in [2.75, 3.05) is 0 Å². The van der Waals surface area contributed by atoms with Crippen molar-refractivity contribution in [2.24, 2.45) is 0 Å². The van der Waals surface area contributed by atoms with Crippen LogP contribution in [0.3, 0.4) is 0 Å². The SMILES string of the molecule is O=C(N[C@@H]1C[C@H]2CC[C@@H]1N2)c1ccc2oc(C(=O)O)cc2c1. The summed E-state index contributed by atoms with van der Waals surface area (Å²) in [5, 5.41) is 16.1. The highest BCUT2D eigenvalue weighted by atomic mass is 16.4. The average Bonchev–Trinajstić information content (AvgIpc) is 3.20. The summed E-state index contributed by atoms with van der Waals surface area (Å²) in [7, 11) is 0. The third-order valence-electron chi connectivity index (χ3n) is 4.61. The number of fused-ring (bicyclic) bond motifs is 3. The van der Waals surface area contributed by atoms with Gasteiger partial charge in [-0.15, -0.1) is 0 Å². The van der Waals surface area contributed by atoms with Crippen LogP contribution in [-0.2, 0) is 0 Å². The third-order valence-corrected chi connectivity index (χ3v) is 4.61. The van der Waals surface area contributed by atoms with Gasteiger partial charge in [0.05, 0.1) is 0 Å². The number of carbonyl (C=O) groups excluding carboxylic acids is 1. The third kappa shape index (κ3) is 2.16. The number of hydrogen-bond acceptors (Lipinski definition) is 4. The van der Waals surface area contributed by atoms with Crippen molar-refractivity contribution in [3.63, 3.8) is 0 Å². The first-order valence-electron chi connectivity index (χ1n) is 7.44. The Balaban J connectivity index is 1.55. The lowest BCUT2D eigenvalue weighted by Gasteiger charge is -2.21. The fraction of sp³-hybridized carbons (Fsp3) is 0.375. The van der Waals surface area contributed by atoms with E-state index in [0.29, 0.717) is 28.6 Å². The van der Waals surface area contributed by atoms with Crippen molar-refractivity contribution in [2.45, 2.75) is 37.4 Å². The van der Waals surface area contributed by atoms with Crippen LogP contribution in [0.4, 0.5) is 0 Å². The largest absolute Gasteiger partial charge is 0.475 e. The number of carboxylic acid groups (broad SMARTS) is 1. The molecule has 0 unspecified atom stereocenters. The van der Waals surface area contributed by atoms with E-state index in [1.807, 2.05) is 0 Å². The monoisotopic (exact) mass is 300 g/mol. The van der Waals surface area contributed by atoms with E-state index in [0.717, 1.165) is 12.8 Å². The Hall–Kier alpha value is -2.34. The second kappa shape index (κ2) is 4.84. The molecule has 114 valence electrons. The summed E-state index contributed by atoms with van der Waals surface area (Å²) in [6.45, 7) is 0. The minimum atomic E-state index is -1.12. The summed E-state index contributed by atoms with van der Waals surface area (Å²) < 4.78 is 5.20. The van der Waals surface area contributed by atoms with E-state index < -0.39 is 5.97 Å². The van der Waals surface area contributed by atoms with Gasteiger partial charge >= 0.3 is 5.97 Å². The highest BCUT2D eigenvalue weighted by molar-refractivity contribution is 5.99. The molecule has 2 saturated heterocycles. The Morgan fingerprint density at radius 3 is 2.82 bits per heavy atom. The molecule has 1 aromatic heterocycles. The predicted molar refractivity (Wildman–Crippen MR) is 79.0 cm³/mol. The average molecular weight is 300 g/mol. The quantitative estimate of drug-likeness (QED) is 0.803. The Labute approximate surface area is 126 Å². The maximum absolute atomic E-state index is 12.4. The Morgan fingerprint density at radius 1 is 1.27 bits per heavy atom. The molecular weight excluding hydrogens is 284 g/mol. The first-order valence-corrected chi connectivity index (χ1v) is 7.44. The molecule has 0 radical (unpaired) electrons. The lowest BCUT2D eigenvalue weighted by atomic mass is 9.95. The van der Waals surface area contributed by atoms with Gasteiger partial charge in [0, 0.05) is 29.1 Å². The number of hydrogen-bond donors (Lipinski definition) is 3. The number of furan rings is 1. The molecule has 1 amide bonds. The zero-order valence-corrected chi connectivity index (χ0v) is 11.8. The van der Waals surface area contributed by atoms with Crippen LogP contribution in [0.5, 0.6) is 0 Å². The van der Waals surface area contributed by atoms with Gasteiger partial charge in [0.25, 0.3) is 5.91 Å². The fourth-order valence-electron chi connectivity index (χ4n) is 3.53. The van der Waals surface area contributed by atoms with Crippen LogP contribution < -0.4 is 10.6 Å². The van der Waals surface area contributed by atoms with Crippen LogP contribution in [-0.4, -0.2) is 35.1 Å². The maximum Gasteiger partial charge on any atom is 0.371 e. The topological polar surface area (TPSA) is 91.6 Å². The van der Waals surface area contributed by atoms with Gasteiger partial charge in [-0.3, -0.25) is 4.79 Å². The van der Waals surface area contributed by atoms with Crippen LogP contribution in [0.2, 0.25) is 0 Å².